The molecule has 1 aromatic heterocycles. The van der Waals surface area contributed by atoms with Gasteiger partial charge in [0.1, 0.15) is 11.9 Å². The average Bonchev–Trinajstić information content (AvgIpc) is 3.36. The Morgan fingerprint density at radius 3 is 1.69 bits per heavy atom. The molecule has 4 rings (SSSR count). The van der Waals surface area contributed by atoms with E-state index in [1.165, 1.54) is 0 Å². The Bertz CT molecular complexity index is 1170. The molecule has 7 heteroatoms. The van der Waals surface area contributed by atoms with Crippen molar-refractivity contribution in [1.82, 2.24) is 14.8 Å². The van der Waals surface area contributed by atoms with Gasteiger partial charge in [0.2, 0.25) is 0 Å². The molecule has 6 nitrogen and oxygen atoms in total. The molecule has 0 bridgehead atoms. The van der Waals surface area contributed by atoms with Crippen molar-refractivity contribution in [2.75, 3.05) is 19.4 Å². The molecule has 0 spiro atoms. The summed E-state index contributed by atoms with van der Waals surface area (Å²) >= 11 is 0. The molecule has 0 saturated carbocycles. The van der Waals surface area contributed by atoms with Crippen LogP contribution in [0.15, 0.2) is 103 Å². The summed E-state index contributed by atoms with van der Waals surface area (Å²) < 4.78 is 25.4. The van der Waals surface area contributed by atoms with Gasteiger partial charge in [0.05, 0.1) is 19.4 Å². The molecule has 0 saturated heterocycles. The van der Waals surface area contributed by atoms with Crippen molar-refractivity contribution in [2.45, 2.75) is 19.4 Å². The van der Waals surface area contributed by atoms with E-state index in [0.717, 1.165) is 16.7 Å². The summed E-state index contributed by atoms with van der Waals surface area (Å²) in [5, 5.41) is 4.87. The molecule has 0 amide bonds. The lowest BCUT2D eigenvalue weighted by Gasteiger charge is -2.35. The zero-order valence-corrected chi connectivity index (χ0v) is 20.9. The van der Waals surface area contributed by atoms with E-state index in [4.69, 9.17) is 14.1 Å². The van der Waals surface area contributed by atoms with E-state index < -0.39 is 13.1 Å². The van der Waals surface area contributed by atoms with Gasteiger partial charge in [-0.05, 0) is 36.6 Å². The lowest BCUT2D eigenvalue weighted by molar-refractivity contribution is 0.222. The van der Waals surface area contributed by atoms with Gasteiger partial charge in [-0.3, -0.25) is 4.57 Å². The highest BCUT2D eigenvalue weighted by Gasteiger charge is 2.39. The van der Waals surface area contributed by atoms with Gasteiger partial charge in [0, 0.05) is 0 Å². The third-order valence-corrected chi connectivity index (χ3v) is 7.64. The monoisotopic (exact) mass is 487 g/mol. The van der Waals surface area contributed by atoms with Crippen molar-refractivity contribution in [3.05, 3.63) is 126 Å². The van der Waals surface area contributed by atoms with Gasteiger partial charge in [-0.1, -0.05) is 97.1 Å². The van der Waals surface area contributed by atoms with Gasteiger partial charge in [-0.2, -0.15) is 5.10 Å². The number of benzene rings is 3. The van der Waals surface area contributed by atoms with Gasteiger partial charge in [-0.15, -0.1) is 0 Å². The SMILES string of the molecule is CCOP(=O)(CC=Cc1ncn(C(c2ccccc2)(c2ccccc2)c2ccccc2)n1)OCC. The van der Waals surface area contributed by atoms with Gasteiger partial charge < -0.3 is 9.05 Å². The smallest absolute Gasteiger partial charge is 0.309 e. The maximum absolute atomic E-state index is 12.8. The lowest BCUT2D eigenvalue weighted by Crippen LogP contribution is -2.38. The fourth-order valence-electron chi connectivity index (χ4n) is 4.27. The summed E-state index contributed by atoms with van der Waals surface area (Å²) in [6, 6.07) is 30.9. The highest BCUT2D eigenvalue weighted by molar-refractivity contribution is 7.54. The normalized spacial score (nSPS) is 12.3. The molecule has 0 radical (unpaired) electrons. The van der Waals surface area contributed by atoms with Crippen molar-refractivity contribution in [3.63, 3.8) is 0 Å². The molecule has 35 heavy (non-hydrogen) atoms. The predicted molar refractivity (Wildman–Crippen MR) is 139 cm³/mol. The highest BCUT2D eigenvalue weighted by Crippen LogP contribution is 2.48. The minimum absolute atomic E-state index is 0.157. The van der Waals surface area contributed by atoms with Crippen LogP contribution in [0.5, 0.6) is 0 Å². The number of hydrogen-bond acceptors (Lipinski definition) is 5. The lowest BCUT2D eigenvalue weighted by atomic mass is 9.77. The van der Waals surface area contributed by atoms with Crippen LogP contribution in [0.2, 0.25) is 0 Å². The molecule has 0 atom stereocenters. The molecule has 0 aliphatic heterocycles. The third-order valence-electron chi connectivity index (χ3n) is 5.68. The van der Waals surface area contributed by atoms with Crippen molar-refractivity contribution < 1.29 is 13.6 Å². The van der Waals surface area contributed by atoms with Crippen molar-refractivity contribution in [2.24, 2.45) is 0 Å². The van der Waals surface area contributed by atoms with Gasteiger partial charge >= 0.3 is 7.60 Å². The van der Waals surface area contributed by atoms with E-state index in [1.807, 2.05) is 59.3 Å². The van der Waals surface area contributed by atoms with E-state index in [2.05, 4.69) is 41.4 Å². The third kappa shape index (κ3) is 5.35. The quantitative estimate of drug-likeness (QED) is 0.181. The first-order valence-corrected chi connectivity index (χ1v) is 13.5. The molecule has 0 aliphatic carbocycles. The molecule has 0 fully saturated rings. The number of nitrogens with zero attached hydrogens (tertiary/aromatic N) is 3. The first-order chi connectivity index (χ1) is 17.1. The minimum Gasteiger partial charge on any atom is -0.309 e. The highest BCUT2D eigenvalue weighted by atomic mass is 31.2. The van der Waals surface area contributed by atoms with E-state index in [0.29, 0.717) is 19.0 Å². The van der Waals surface area contributed by atoms with E-state index in [-0.39, 0.29) is 6.16 Å². The summed E-state index contributed by atoms with van der Waals surface area (Å²) in [6.45, 7) is 4.25. The van der Waals surface area contributed by atoms with Crippen LogP contribution >= 0.6 is 7.60 Å². The van der Waals surface area contributed by atoms with Crippen LogP contribution in [0.25, 0.3) is 6.08 Å². The van der Waals surface area contributed by atoms with Crippen LogP contribution in [0.3, 0.4) is 0 Å². The summed E-state index contributed by atoms with van der Waals surface area (Å²) in [5.74, 6) is 0.511. The van der Waals surface area contributed by atoms with Gasteiger partial charge in [0.25, 0.3) is 0 Å². The number of aromatic nitrogens is 3. The van der Waals surface area contributed by atoms with E-state index >= 15 is 0 Å². The van der Waals surface area contributed by atoms with Crippen molar-refractivity contribution in [3.8, 4) is 0 Å². The summed E-state index contributed by atoms with van der Waals surface area (Å²) in [4.78, 5) is 4.56. The van der Waals surface area contributed by atoms with Crippen LogP contribution in [-0.2, 0) is 19.2 Å². The Morgan fingerprint density at radius 2 is 1.26 bits per heavy atom. The maximum atomic E-state index is 12.8. The van der Waals surface area contributed by atoms with Crippen LogP contribution in [-0.4, -0.2) is 34.1 Å². The molecular weight excluding hydrogens is 457 g/mol. The maximum Gasteiger partial charge on any atom is 0.334 e. The first-order valence-electron chi connectivity index (χ1n) is 11.8. The molecule has 180 valence electrons. The molecule has 0 aliphatic rings. The number of hydrogen-bond donors (Lipinski definition) is 0. The van der Waals surface area contributed by atoms with E-state index in [1.54, 1.807) is 32.3 Å². The summed E-state index contributed by atoms with van der Waals surface area (Å²) in [6.07, 6.45) is 5.41. The Balaban J connectivity index is 1.80. The minimum atomic E-state index is -3.17. The topological polar surface area (TPSA) is 66.2 Å². The summed E-state index contributed by atoms with van der Waals surface area (Å²) in [5.41, 5.74) is 2.47. The first kappa shape index (κ1) is 24.8. The largest absolute Gasteiger partial charge is 0.334 e. The molecule has 1 heterocycles. The zero-order valence-electron chi connectivity index (χ0n) is 20.0. The molecular formula is C28H30N3O3P. The Hall–Kier alpha value is -3.31. The second-order valence-corrected chi connectivity index (χ2v) is 9.99. The fraction of sp³-hybridized carbons (Fsp3) is 0.214. The standard InChI is InChI=1S/C28H30N3O3P/c1-3-33-35(32,34-4-2)22-14-21-27-29-23-31(30-27)28(24-15-8-5-9-16-24,25-17-10-6-11-18-25)26-19-12-7-13-20-26/h5-21,23H,3-4,22H2,1-2H3. The molecule has 0 N–H and O–H groups in total. The number of allylic oxidation sites excluding steroid dienone is 1. The van der Waals surface area contributed by atoms with Crippen molar-refractivity contribution in [1.29, 1.82) is 0 Å². The number of rotatable bonds is 11. The Labute approximate surface area is 206 Å². The van der Waals surface area contributed by atoms with Crippen LogP contribution < -0.4 is 0 Å². The summed E-state index contributed by atoms with van der Waals surface area (Å²) in [7, 11) is -3.17. The fourth-order valence-corrected chi connectivity index (χ4v) is 5.71. The van der Waals surface area contributed by atoms with E-state index in [9.17, 15) is 4.57 Å². The van der Waals surface area contributed by atoms with Gasteiger partial charge in [-0.25, -0.2) is 9.67 Å². The second kappa shape index (κ2) is 11.4. The van der Waals surface area contributed by atoms with Crippen LogP contribution in [0, 0.1) is 0 Å². The Kier molecular flexibility index (Phi) is 8.09. The van der Waals surface area contributed by atoms with Gasteiger partial charge in [0.15, 0.2) is 5.82 Å². The zero-order chi connectivity index (χ0) is 24.6. The van der Waals surface area contributed by atoms with Crippen LogP contribution in [0.1, 0.15) is 36.4 Å². The predicted octanol–water partition coefficient (Wildman–Crippen LogP) is 6.40. The van der Waals surface area contributed by atoms with Crippen LogP contribution in [0.4, 0.5) is 0 Å². The molecule has 0 unspecified atom stereocenters. The molecule has 4 aromatic rings. The average molecular weight is 488 g/mol. The van der Waals surface area contributed by atoms with Crippen molar-refractivity contribution >= 4 is 13.7 Å². The molecule has 3 aromatic carbocycles. The second-order valence-electron chi connectivity index (χ2n) is 7.89. The Morgan fingerprint density at radius 1 is 0.800 bits per heavy atom.